The maximum Gasteiger partial charge on any atom is 0.274 e. The number of carbonyl (C=O) groups excluding carboxylic acids is 1. The van der Waals surface area contributed by atoms with Crippen LogP contribution in [0.5, 0.6) is 0 Å². The molecule has 168 valence electrons. The Morgan fingerprint density at radius 3 is 2.72 bits per heavy atom. The number of alkyl halides is 2. The maximum atomic E-state index is 13.6. The van der Waals surface area contributed by atoms with Crippen LogP contribution in [0.4, 0.5) is 26.1 Å². The lowest BCUT2D eigenvalue weighted by molar-refractivity contribution is -0.102. The van der Waals surface area contributed by atoms with Crippen molar-refractivity contribution in [2.75, 3.05) is 17.7 Å². The van der Waals surface area contributed by atoms with E-state index in [1.807, 2.05) is 0 Å². The van der Waals surface area contributed by atoms with E-state index in [0.29, 0.717) is 17.3 Å². The van der Waals surface area contributed by atoms with Crippen LogP contribution in [0.2, 0.25) is 0 Å². The largest absolute Gasteiger partial charge is 0.373 e. The van der Waals surface area contributed by atoms with E-state index in [-0.39, 0.29) is 35.7 Å². The molecule has 2 saturated carbocycles. The molecular weight excluding hydrogens is 420 g/mol. The summed E-state index contributed by atoms with van der Waals surface area (Å²) in [7, 11) is 1.68. The lowest BCUT2D eigenvalue weighted by Crippen LogP contribution is -2.55. The number of nitrogens with zero attached hydrogens (tertiary/aromatic N) is 4. The van der Waals surface area contributed by atoms with Crippen LogP contribution in [-0.2, 0) is 0 Å². The highest BCUT2D eigenvalue weighted by Gasteiger charge is 2.49. The second-order valence-corrected chi connectivity index (χ2v) is 8.24. The molecule has 1 atom stereocenters. The van der Waals surface area contributed by atoms with E-state index in [1.54, 1.807) is 36.0 Å². The molecule has 2 aliphatic carbocycles. The number of halogens is 2. The third-order valence-corrected chi connectivity index (χ3v) is 6.26. The second-order valence-electron chi connectivity index (χ2n) is 8.24. The molecule has 3 aromatic rings. The lowest BCUT2D eigenvalue weighted by Gasteiger charge is -2.36. The van der Waals surface area contributed by atoms with Gasteiger partial charge in [0, 0.05) is 31.8 Å². The SMILES string of the molecule is CNc1cc(Nc2cccn(C3CCC3)c2=O)nc2c(C(=O)NC3CCC3(F)F)cnn12. The monoisotopic (exact) mass is 443 g/mol. The number of rotatable bonds is 6. The lowest BCUT2D eigenvalue weighted by atomic mass is 9.88. The Morgan fingerprint density at radius 1 is 1.28 bits per heavy atom. The Bertz CT molecular complexity index is 1250. The molecule has 9 nitrogen and oxygen atoms in total. The summed E-state index contributed by atoms with van der Waals surface area (Å²) in [6.07, 6.45) is 6.13. The zero-order chi connectivity index (χ0) is 22.5. The molecule has 3 heterocycles. The van der Waals surface area contributed by atoms with Crippen LogP contribution < -0.4 is 21.5 Å². The number of amides is 1. The fourth-order valence-corrected chi connectivity index (χ4v) is 3.98. The van der Waals surface area contributed by atoms with Crippen molar-refractivity contribution in [2.24, 2.45) is 0 Å². The maximum absolute atomic E-state index is 13.6. The van der Waals surface area contributed by atoms with Gasteiger partial charge in [0.1, 0.15) is 22.9 Å². The molecule has 0 saturated heterocycles. The predicted octanol–water partition coefficient (Wildman–Crippen LogP) is 2.93. The summed E-state index contributed by atoms with van der Waals surface area (Å²) >= 11 is 0. The van der Waals surface area contributed by atoms with Crippen LogP contribution in [0.15, 0.2) is 35.4 Å². The van der Waals surface area contributed by atoms with Crippen molar-refractivity contribution < 1.29 is 13.6 Å². The van der Waals surface area contributed by atoms with Gasteiger partial charge in [0.2, 0.25) is 0 Å². The number of aromatic nitrogens is 4. The van der Waals surface area contributed by atoms with Gasteiger partial charge in [0.05, 0.1) is 12.2 Å². The number of hydrogen-bond acceptors (Lipinski definition) is 6. The summed E-state index contributed by atoms with van der Waals surface area (Å²) in [4.78, 5) is 30.0. The van der Waals surface area contributed by atoms with Gasteiger partial charge in [0.15, 0.2) is 5.65 Å². The van der Waals surface area contributed by atoms with Crippen LogP contribution in [0.25, 0.3) is 5.65 Å². The number of pyridine rings is 1. The van der Waals surface area contributed by atoms with Gasteiger partial charge in [-0.15, -0.1) is 0 Å². The first-order valence-corrected chi connectivity index (χ1v) is 10.6. The van der Waals surface area contributed by atoms with Crippen molar-refractivity contribution >= 4 is 28.9 Å². The first-order chi connectivity index (χ1) is 15.4. The smallest absolute Gasteiger partial charge is 0.274 e. The summed E-state index contributed by atoms with van der Waals surface area (Å²) < 4.78 is 30.3. The normalized spacial score (nSPS) is 19.8. The third-order valence-electron chi connectivity index (χ3n) is 6.26. The number of carbonyl (C=O) groups is 1. The summed E-state index contributed by atoms with van der Waals surface area (Å²) in [5.41, 5.74) is 0.476. The fourth-order valence-electron chi connectivity index (χ4n) is 3.98. The van der Waals surface area contributed by atoms with Crippen molar-refractivity contribution in [2.45, 2.75) is 50.1 Å². The molecule has 0 aliphatic heterocycles. The van der Waals surface area contributed by atoms with Crippen molar-refractivity contribution in [3.8, 4) is 0 Å². The van der Waals surface area contributed by atoms with E-state index in [9.17, 15) is 18.4 Å². The van der Waals surface area contributed by atoms with Crippen LogP contribution in [0.3, 0.4) is 0 Å². The predicted molar refractivity (Wildman–Crippen MR) is 115 cm³/mol. The quantitative estimate of drug-likeness (QED) is 0.541. The summed E-state index contributed by atoms with van der Waals surface area (Å²) in [5, 5.41) is 12.6. The molecule has 0 spiro atoms. The molecule has 2 aliphatic rings. The molecule has 1 amide bonds. The first-order valence-electron chi connectivity index (χ1n) is 10.6. The van der Waals surface area contributed by atoms with E-state index < -0.39 is 17.9 Å². The number of nitrogens with one attached hydrogen (secondary N) is 3. The Morgan fingerprint density at radius 2 is 2.09 bits per heavy atom. The van der Waals surface area contributed by atoms with Crippen LogP contribution in [-0.4, -0.2) is 44.1 Å². The fraction of sp³-hybridized carbons (Fsp3) is 0.429. The number of fused-ring (bicyclic) bond motifs is 1. The highest BCUT2D eigenvalue weighted by molar-refractivity contribution is 6.00. The molecule has 11 heteroatoms. The Kier molecular flexibility index (Phi) is 4.83. The molecule has 2 fully saturated rings. The van der Waals surface area contributed by atoms with E-state index in [4.69, 9.17) is 0 Å². The molecule has 3 aromatic heterocycles. The van der Waals surface area contributed by atoms with E-state index in [0.717, 1.165) is 19.3 Å². The van der Waals surface area contributed by atoms with Crippen LogP contribution >= 0.6 is 0 Å². The molecule has 0 radical (unpaired) electrons. The summed E-state index contributed by atoms with van der Waals surface area (Å²) in [6, 6.07) is 4.15. The number of anilines is 3. The first kappa shape index (κ1) is 20.4. The van der Waals surface area contributed by atoms with Crippen molar-refractivity contribution in [1.29, 1.82) is 0 Å². The average molecular weight is 443 g/mol. The highest BCUT2D eigenvalue weighted by Crippen LogP contribution is 2.37. The molecule has 32 heavy (non-hydrogen) atoms. The molecule has 1 unspecified atom stereocenters. The van der Waals surface area contributed by atoms with E-state index in [2.05, 4.69) is 26.0 Å². The summed E-state index contributed by atoms with van der Waals surface area (Å²) in [6.45, 7) is 0. The van der Waals surface area contributed by atoms with Gasteiger partial charge in [-0.25, -0.2) is 13.8 Å². The Balaban J connectivity index is 1.47. The topological polar surface area (TPSA) is 105 Å². The molecule has 3 N–H and O–H groups in total. The minimum Gasteiger partial charge on any atom is -0.373 e. The minimum atomic E-state index is -2.90. The van der Waals surface area contributed by atoms with Gasteiger partial charge in [-0.05, 0) is 37.8 Å². The molecule has 0 bridgehead atoms. The highest BCUT2D eigenvalue weighted by atomic mass is 19.3. The van der Waals surface area contributed by atoms with Crippen LogP contribution in [0.1, 0.15) is 48.5 Å². The molecular formula is C21H23F2N7O2. The Labute approximate surface area is 181 Å². The van der Waals surface area contributed by atoms with Gasteiger partial charge < -0.3 is 20.5 Å². The average Bonchev–Trinajstić information content (AvgIpc) is 3.16. The van der Waals surface area contributed by atoms with Gasteiger partial charge in [-0.2, -0.15) is 9.61 Å². The van der Waals surface area contributed by atoms with Gasteiger partial charge in [-0.3, -0.25) is 9.59 Å². The minimum absolute atomic E-state index is 0.0767. The van der Waals surface area contributed by atoms with E-state index >= 15 is 0 Å². The van der Waals surface area contributed by atoms with Gasteiger partial charge >= 0.3 is 0 Å². The van der Waals surface area contributed by atoms with Crippen molar-refractivity contribution in [1.82, 2.24) is 24.5 Å². The van der Waals surface area contributed by atoms with Crippen molar-refractivity contribution in [3.63, 3.8) is 0 Å². The van der Waals surface area contributed by atoms with Crippen molar-refractivity contribution in [3.05, 3.63) is 46.5 Å². The zero-order valence-electron chi connectivity index (χ0n) is 17.4. The summed E-state index contributed by atoms with van der Waals surface area (Å²) in [5.74, 6) is -2.72. The molecule has 5 rings (SSSR count). The van der Waals surface area contributed by atoms with Gasteiger partial charge in [-0.1, -0.05) is 0 Å². The number of hydrogen-bond donors (Lipinski definition) is 3. The van der Waals surface area contributed by atoms with Crippen LogP contribution in [0, 0.1) is 0 Å². The standard InChI is InChI=1S/C21H23F2N7O2/c1-24-17-10-16(26-14-6-3-9-29(20(14)32)12-4-2-5-12)28-18-13(11-25-30(17)18)19(31)27-15-7-8-21(15,22)23/h3,6,9-12,15,24H,2,4-5,7-8H2,1H3,(H,26,28)(H,27,31). The van der Waals surface area contributed by atoms with E-state index in [1.165, 1.54) is 10.7 Å². The zero-order valence-corrected chi connectivity index (χ0v) is 17.4. The van der Waals surface area contributed by atoms with Gasteiger partial charge in [0.25, 0.3) is 17.4 Å². The Hall–Kier alpha value is -3.50. The second kappa shape index (κ2) is 7.57. The molecule has 0 aromatic carbocycles. The third kappa shape index (κ3) is 3.37.